The van der Waals surface area contributed by atoms with Gasteiger partial charge in [-0.3, -0.25) is 14.4 Å². The van der Waals surface area contributed by atoms with E-state index >= 15 is 0 Å². The van der Waals surface area contributed by atoms with Crippen molar-refractivity contribution in [2.45, 2.75) is 26.4 Å². The molecular weight excluding hydrogens is 296 g/mol. The summed E-state index contributed by atoms with van der Waals surface area (Å²) in [4.78, 5) is 37.2. The maximum Gasteiger partial charge on any atom is 0.210 e. The first-order valence-electron chi connectivity index (χ1n) is 7.23. The summed E-state index contributed by atoms with van der Waals surface area (Å²) in [6.45, 7) is 3.89. The molecular formula is C18H16O5. The van der Waals surface area contributed by atoms with Crippen LogP contribution >= 0.6 is 0 Å². The molecule has 1 aromatic rings. The number of carbonyl (C=O) groups is 3. The number of ether oxygens (including phenoxy) is 1. The number of carbonyl (C=O) groups excluding carboxylic acids is 3. The lowest BCUT2D eigenvalue weighted by Gasteiger charge is -2.30. The van der Waals surface area contributed by atoms with Gasteiger partial charge in [0.1, 0.15) is 17.1 Å². The van der Waals surface area contributed by atoms with Gasteiger partial charge >= 0.3 is 0 Å². The molecule has 0 spiro atoms. The Morgan fingerprint density at radius 2 is 1.74 bits per heavy atom. The van der Waals surface area contributed by atoms with E-state index in [1.807, 2.05) is 12.1 Å². The third-order valence-corrected chi connectivity index (χ3v) is 4.56. The predicted molar refractivity (Wildman–Crippen MR) is 82.6 cm³/mol. The first-order valence-corrected chi connectivity index (χ1v) is 7.23. The van der Waals surface area contributed by atoms with Crippen molar-refractivity contribution in [3.63, 3.8) is 0 Å². The van der Waals surface area contributed by atoms with E-state index in [9.17, 15) is 19.5 Å². The number of benzene rings is 1. The van der Waals surface area contributed by atoms with Crippen LogP contribution in [0, 0.1) is 5.41 Å². The van der Waals surface area contributed by atoms with E-state index in [0.29, 0.717) is 5.75 Å². The van der Waals surface area contributed by atoms with E-state index in [4.69, 9.17) is 4.74 Å². The van der Waals surface area contributed by atoms with Crippen LogP contribution in [0.15, 0.2) is 41.7 Å². The number of rotatable bonds is 1. The van der Waals surface area contributed by atoms with Crippen LogP contribution in [0.1, 0.15) is 26.3 Å². The van der Waals surface area contributed by atoms with Gasteiger partial charge in [-0.1, -0.05) is 18.2 Å². The molecule has 23 heavy (non-hydrogen) atoms. The number of fused-ring (bicyclic) bond motifs is 1. The number of Topliss-reactive ketones (excluding diaryl/α,β-unsaturated/α-hetero) is 3. The summed E-state index contributed by atoms with van der Waals surface area (Å²) >= 11 is 0. The van der Waals surface area contributed by atoms with Gasteiger partial charge in [0.25, 0.3) is 0 Å². The Morgan fingerprint density at radius 1 is 1.09 bits per heavy atom. The molecule has 118 valence electrons. The van der Waals surface area contributed by atoms with Gasteiger partial charge in [0.05, 0.1) is 5.41 Å². The van der Waals surface area contributed by atoms with Gasteiger partial charge < -0.3 is 9.84 Å². The van der Waals surface area contributed by atoms with E-state index in [2.05, 4.69) is 0 Å². The molecule has 5 nitrogen and oxygen atoms in total. The molecule has 1 aliphatic carbocycles. The van der Waals surface area contributed by atoms with Gasteiger partial charge in [0, 0.05) is 5.56 Å². The molecule has 1 heterocycles. The largest absolute Gasteiger partial charge is 0.456 e. The molecule has 1 atom stereocenters. The number of allylic oxidation sites excluding steroid dienone is 1. The summed E-state index contributed by atoms with van der Waals surface area (Å²) in [6, 6.07) is 7.16. The van der Waals surface area contributed by atoms with E-state index in [1.165, 1.54) is 19.9 Å². The number of hydrogen-bond acceptors (Lipinski definition) is 5. The summed E-state index contributed by atoms with van der Waals surface area (Å²) in [5, 5.41) is 10.6. The maximum absolute atomic E-state index is 12.7. The van der Waals surface area contributed by atoms with Crippen molar-refractivity contribution in [3.05, 3.63) is 47.2 Å². The minimum Gasteiger partial charge on any atom is -0.456 e. The lowest BCUT2D eigenvalue weighted by Crippen LogP contribution is -2.53. The third-order valence-electron chi connectivity index (χ3n) is 4.56. The van der Waals surface area contributed by atoms with Crippen molar-refractivity contribution >= 4 is 23.4 Å². The molecule has 1 saturated carbocycles. The summed E-state index contributed by atoms with van der Waals surface area (Å²) in [6.07, 6.45) is 3.23. The van der Waals surface area contributed by atoms with Gasteiger partial charge in [0.2, 0.25) is 5.78 Å². The Hall–Kier alpha value is -2.53. The maximum atomic E-state index is 12.7. The Bertz CT molecular complexity index is 812. The fraction of sp³-hybridized carbons (Fsp3) is 0.278. The van der Waals surface area contributed by atoms with Crippen molar-refractivity contribution in [2.24, 2.45) is 5.41 Å². The summed E-state index contributed by atoms with van der Waals surface area (Å²) in [5.74, 6) is -1.69. The van der Waals surface area contributed by atoms with E-state index < -0.39 is 28.4 Å². The Kier molecular flexibility index (Phi) is 3.16. The first kappa shape index (κ1) is 15.4. The smallest absolute Gasteiger partial charge is 0.210 e. The molecule has 2 aliphatic rings. The highest BCUT2D eigenvalue weighted by molar-refractivity contribution is 6.38. The normalized spacial score (nSPS) is 28.5. The van der Waals surface area contributed by atoms with Crippen LogP contribution in [0.3, 0.4) is 0 Å². The van der Waals surface area contributed by atoms with Gasteiger partial charge in [0.15, 0.2) is 17.2 Å². The van der Waals surface area contributed by atoms with Gasteiger partial charge in [-0.05, 0) is 39.0 Å². The molecule has 0 unspecified atom stereocenters. The fourth-order valence-corrected chi connectivity index (χ4v) is 3.03. The van der Waals surface area contributed by atoms with Crippen LogP contribution in [0.2, 0.25) is 0 Å². The summed E-state index contributed by atoms with van der Waals surface area (Å²) < 4.78 is 5.65. The molecule has 1 N–H and O–H groups in total. The zero-order chi connectivity index (χ0) is 17.0. The highest BCUT2D eigenvalue weighted by Crippen LogP contribution is 2.46. The molecule has 0 bridgehead atoms. The van der Waals surface area contributed by atoms with Crippen molar-refractivity contribution in [1.29, 1.82) is 0 Å². The van der Waals surface area contributed by atoms with E-state index in [-0.39, 0.29) is 11.3 Å². The van der Waals surface area contributed by atoms with Gasteiger partial charge in [-0.2, -0.15) is 0 Å². The molecule has 1 fully saturated rings. The SMILES string of the molecule is CC(=O)[C@@]1(O)C(=O)C(=C2C=Cc3ccccc3O2)C(=O)C1(C)C. The number of ketones is 3. The van der Waals surface area contributed by atoms with E-state index in [0.717, 1.165) is 12.5 Å². The average molecular weight is 312 g/mol. The van der Waals surface area contributed by atoms with E-state index in [1.54, 1.807) is 18.2 Å². The Morgan fingerprint density at radius 3 is 2.35 bits per heavy atom. The zero-order valence-electron chi connectivity index (χ0n) is 13.0. The molecule has 1 aliphatic heterocycles. The molecule has 0 radical (unpaired) electrons. The fourth-order valence-electron chi connectivity index (χ4n) is 3.03. The minimum atomic E-state index is -2.36. The standard InChI is InChI=1S/C18H16O5/c1-10(19)18(22)16(21)14(15(20)17(18,2)3)13-9-8-11-6-4-5-7-12(11)23-13/h4-9,22H,1-3H3/t18-/m1/s1. The molecule has 0 saturated heterocycles. The van der Waals surface area contributed by atoms with Crippen LogP contribution in [-0.2, 0) is 14.4 Å². The lowest BCUT2D eigenvalue weighted by atomic mass is 9.74. The number of aliphatic hydroxyl groups is 1. The zero-order valence-corrected chi connectivity index (χ0v) is 13.0. The van der Waals surface area contributed by atoms with Crippen LogP contribution < -0.4 is 4.74 Å². The average Bonchev–Trinajstić information content (AvgIpc) is 2.66. The van der Waals surface area contributed by atoms with Crippen molar-refractivity contribution < 1.29 is 24.2 Å². The summed E-state index contributed by atoms with van der Waals surface area (Å²) in [5.41, 5.74) is -3.35. The highest BCUT2D eigenvalue weighted by atomic mass is 16.5. The molecule has 0 amide bonds. The van der Waals surface area contributed by atoms with Crippen molar-refractivity contribution in [1.82, 2.24) is 0 Å². The van der Waals surface area contributed by atoms with Crippen LogP contribution in [0.25, 0.3) is 6.08 Å². The third kappa shape index (κ3) is 1.86. The second kappa shape index (κ2) is 4.73. The quantitative estimate of drug-likeness (QED) is 0.486. The molecule has 5 heteroatoms. The second-order valence-corrected chi connectivity index (χ2v) is 6.26. The molecule has 1 aromatic carbocycles. The van der Waals surface area contributed by atoms with Crippen molar-refractivity contribution in [2.75, 3.05) is 0 Å². The van der Waals surface area contributed by atoms with Crippen LogP contribution in [0.5, 0.6) is 5.75 Å². The van der Waals surface area contributed by atoms with Crippen LogP contribution in [0.4, 0.5) is 0 Å². The van der Waals surface area contributed by atoms with Crippen molar-refractivity contribution in [3.8, 4) is 5.75 Å². The Labute approximate surface area is 133 Å². The second-order valence-electron chi connectivity index (χ2n) is 6.26. The summed E-state index contributed by atoms with van der Waals surface area (Å²) in [7, 11) is 0. The lowest BCUT2D eigenvalue weighted by molar-refractivity contribution is -0.158. The molecule has 0 aromatic heterocycles. The highest BCUT2D eigenvalue weighted by Gasteiger charge is 2.66. The Balaban J connectivity index is 2.17. The van der Waals surface area contributed by atoms with Crippen LogP contribution in [-0.4, -0.2) is 28.1 Å². The topological polar surface area (TPSA) is 80.7 Å². The predicted octanol–water partition coefficient (Wildman–Crippen LogP) is 1.84. The van der Waals surface area contributed by atoms with Gasteiger partial charge in [-0.25, -0.2) is 0 Å². The monoisotopic (exact) mass is 312 g/mol. The number of hydrogen-bond donors (Lipinski definition) is 1. The molecule has 3 rings (SSSR count). The minimum absolute atomic E-state index is 0.0592. The number of para-hydroxylation sites is 1. The van der Waals surface area contributed by atoms with Gasteiger partial charge in [-0.15, -0.1) is 0 Å². The first-order chi connectivity index (χ1) is 10.7.